The van der Waals surface area contributed by atoms with Gasteiger partial charge in [-0.2, -0.15) is 0 Å². The van der Waals surface area contributed by atoms with E-state index in [9.17, 15) is 9.59 Å². The van der Waals surface area contributed by atoms with Gasteiger partial charge in [-0.25, -0.2) is 4.98 Å². The second kappa shape index (κ2) is 6.84. The van der Waals surface area contributed by atoms with Crippen molar-refractivity contribution in [2.45, 2.75) is 19.5 Å². The molecule has 1 aromatic carbocycles. The third kappa shape index (κ3) is 3.46. The number of hydrogen-bond acceptors (Lipinski definition) is 5. The normalized spacial score (nSPS) is 18.5. The number of carbonyl (C=O) groups excluding carboxylic acids is 2. The van der Waals surface area contributed by atoms with E-state index in [-0.39, 0.29) is 11.6 Å². The monoisotopic (exact) mass is 328 g/mol. The lowest BCUT2D eigenvalue weighted by Gasteiger charge is -2.39. The molecule has 24 heavy (non-hydrogen) atoms. The predicted molar refractivity (Wildman–Crippen MR) is 87.0 cm³/mol. The molecular formula is C17H20N4O3. The summed E-state index contributed by atoms with van der Waals surface area (Å²) < 4.78 is 5.09. The van der Waals surface area contributed by atoms with Crippen LogP contribution >= 0.6 is 0 Å². The molecule has 1 saturated heterocycles. The summed E-state index contributed by atoms with van der Waals surface area (Å²) in [6, 6.07) is 9.32. The van der Waals surface area contributed by atoms with E-state index < -0.39 is 11.9 Å². The molecule has 0 bridgehead atoms. The Morgan fingerprint density at radius 1 is 1.29 bits per heavy atom. The smallest absolute Gasteiger partial charge is 0.276 e. The van der Waals surface area contributed by atoms with Crippen LogP contribution < -0.4 is 5.73 Å². The Morgan fingerprint density at radius 2 is 2.04 bits per heavy atom. The van der Waals surface area contributed by atoms with Crippen molar-refractivity contribution in [3.63, 3.8) is 0 Å². The van der Waals surface area contributed by atoms with E-state index in [1.807, 2.05) is 30.3 Å². The van der Waals surface area contributed by atoms with E-state index >= 15 is 0 Å². The number of piperazine rings is 1. The summed E-state index contributed by atoms with van der Waals surface area (Å²) in [4.78, 5) is 32.1. The quantitative estimate of drug-likeness (QED) is 0.896. The first-order valence-corrected chi connectivity index (χ1v) is 7.83. The summed E-state index contributed by atoms with van der Waals surface area (Å²) in [5.41, 5.74) is 6.89. The van der Waals surface area contributed by atoms with Gasteiger partial charge in [0.25, 0.3) is 5.91 Å². The summed E-state index contributed by atoms with van der Waals surface area (Å²) in [6.45, 7) is 3.88. The maximum Gasteiger partial charge on any atom is 0.276 e. The lowest BCUT2D eigenvalue weighted by atomic mass is 10.1. The fraction of sp³-hybridized carbons (Fsp3) is 0.353. The van der Waals surface area contributed by atoms with Crippen LogP contribution in [-0.4, -0.2) is 52.3 Å². The van der Waals surface area contributed by atoms with Crippen LogP contribution in [0.4, 0.5) is 0 Å². The first-order chi connectivity index (χ1) is 11.5. The molecule has 0 saturated carbocycles. The molecule has 2 heterocycles. The van der Waals surface area contributed by atoms with E-state index in [0.717, 1.165) is 12.1 Å². The zero-order valence-corrected chi connectivity index (χ0v) is 13.5. The van der Waals surface area contributed by atoms with Gasteiger partial charge in [0.05, 0.1) is 0 Å². The van der Waals surface area contributed by atoms with Crippen LogP contribution in [0.25, 0.3) is 0 Å². The average Bonchev–Trinajstić information content (AvgIpc) is 3.01. The van der Waals surface area contributed by atoms with Gasteiger partial charge in [-0.05, 0) is 5.56 Å². The van der Waals surface area contributed by atoms with Gasteiger partial charge in [-0.1, -0.05) is 30.3 Å². The fourth-order valence-electron chi connectivity index (χ4n) is 2.92. The number of oxazole rings is 1. The molecule has 1 aliphatic rings. The van der Waals surface area contributed by atoms with Gasteiger partial charge >= 0.3 is 0 Å². The van der Waals surface area contributed by atoms with Crippen LogP contribution in [0.15, 0.2) is 41.0 Å². The number of primary amides is 1. The lowest BCUT2D eigenvalue weighted by molar-refractivity contribution is -0.124. The molecule has 3 rings (SSSR count). The van der Waals surface area contributed by atoms with Gasteiger partial charge < -0.3 is 15.1 Å². The van der Waals surface area contributed by atoms with E-state index in [0.29, 0.717) is 25.5 Å². The maximum absolute atomic E-state index is 12.6. The van der Waals surface area contributed by atoms with Gasteiger partial charge in [-0.15, -0.1) is 0 Å². The number of hydrogen-bond donors (Lipinski definition) is 1. The minimum atomic E-state index is -0.674. The van der Waals surface area contributed by atoms with Crippen molar-refractivity contribution in [1.82, 2.24) is 14.8 Å². The van der Waals surface area contributed by atoms with Crippen LogP contribution in [0, 0.1) is 6.92 Å². The number of rotatable bonds is 4. The largest absolute Gasteiger partial charge is 0.448 e. The van der Waals surface area contributed by atoms with E-state index in [1.54, 1.807) is 6.92 Å². The average molecular weight is 328 g/mol. The highest BCUT2D eigenvalue weighted by atomic mass is 16.3. The minimum Gasteiger partial charge on any atom is -0.448 e. The van der Waals surface area contributed by atoms with Crippen LogP contribution in [0.5, 0.6) is 0 Å². The number of aromatic nitrogens is 1. The summed E-state index contributed by atoms with van der Waals surface area (Å²) in [6.07, 6.45) is 1.31. The van der Waals surface area contributed by atoms with Crippen LogP contribution in [0.3, 0.4) is 0 Å². The molecule has 1 fully saturated rings. The summed E-state index contributed by atoms with van der Waals surface area (Å²) in [7, 11) is 0. The maximum atomic E-state index is 12.6. The van der Waals surface area contributed by atoms with Crippen LogP contribution in [0.2, 0.25) is 0 Å². The van der Waals surface area contributed by atoms with Crippen molar-refractivity contribution < 1.29 is 14.0 Å². The van der Waals surface area contributed by atoms with Crippen molar-refractivity contribution in [3.8, 4) is 0 Å². The van der Waals surface area contributed by atoms with Crippen LogP contribution in [-0.2, 0) is 11.3 Å². The van der Waals surface area contributed by atoms with E-state index in [4.69, 9.17) is 10.2 Å². The van der Waals surface area contributed by atoms with Crippen molar-refractivity contribution >= 4 is 11.8 Å². The van der Waals surface area contributed by atoms with Gasteiger partial charge in [0.15, 0.2) is 11.6 Å². The standard InChI is InChI=1S/C17H20N4O3/c1-12-19-14(11-24-12)17(23)21-8-7-20(10-15(21)16(18)22)9-13-5-3-2-4-6-13/h2-6,11,15H,7-10H2,1H3,(H2,18,22). The zero-order valence-electron chi connectivity index (χ0n) is 13.5. The molecule has 2 aromatic rings. The van der Waals surface area contributed by atoms with Gasteiger partial charge in [0.1, 0.15) is 12.3 Å². The van der Waals surface area contributed by atoms with Gasteiger partial charge in [0, 0.05) is 33.1 Å². The van der Waals surface area contributed by atoms with Crippen LogP contribution in [0.1, 0.15) is 21.9 Å². The Morgan fingerprint density at radius 3 is 2.67 bits per heavy atom. The Hall–Kier alpha value is -2.67. The molecule has 7 nitrogen and oxygen atoms in total. The number of nitrogens with two attached hydrogens (primary N) is 1. The second-order valence-electron chi connectivity index (χ2n) is 5.89. The van der Waals surface area contributed by atoms with E-state index in [2.05, 4.69) is 9.88 Å². The van der Waals surface area contributed by atoms with Crippen molar-refractivity contribution in [1.29, 1.82) is 0 Å². The second-order valence-corrected chi connectivity index (χ2v) is 5.89. The Bertz CT molecular complexity index is 728. The first kappa shape index (κ1) is 16.2. The number of carbonyl (C=O) groups is 2. The van der Waals surface area contributed by atoms with Gasteiger partial charge in [-0.3, -0.25) is 14.5 Å². The molecule has 7 heteroatoms. The molecule has 1 aromatic heterocycles. The molecule has 0 spiro atoms. The Kier molecular flexibility index (Phi) is 4.61. The molecule has 2 amide bonds. The Labute approximate surface area is 140 Å². The third-order valence-electron chi connectivity index (χ3n) is 4.14. The molecule has 2 N–H and O–H groups in total. The highest BCUT2D eigenvalue weighted by Crippen LogP contribution is 2.16. The number of nitrogens with zero attached hydrogens (tertiary/aromatic N) is 3. The highest BCUT2D eigenvalue weighted by Gasteiger charge is 2.35. The Balaban J connectivity index is 1.72. The summed E-state index contributed by atoms with van der Waals surface area (Å²) >= 11 is 0. The fourth-order valence-corrected chi connectivity index (χ4v) is 2.92. The summed E-state index contributed by atoms with van der Waals surface area (Å²) in [5, 5.41) is 0. The number of aryl methyl sites for hydroxylation is 1. The molecule has 0 aliphatic carbocycles. The highest BCUT2D eigenvalue weighted by molar-refractivity contribution is 5.95. The minimum absolute atomic E-state index is 0.204. The number of amides is 2. The van der Waals surface area contributed by atoms with Gasteiger partial charge in [0.2, 0.25) is 5.91 Å². The molecule has 126 valence electrons. The molecular weight excluding hydrogens is 308 g/mol. The molecule has 1 atom stereocenters. The topological polar surface area (TPSA) is 92.7 Å². The van der Waals surface area contributed by atoms with Crippen molar-refractivity contribution in [2.24, 2.45) is 5.73 Å². The lowest BCUT2D eigenvalue weighted by Crippen LogP contribution is -2.59. The van der Waals surface area contributed by atoms with Crippen molar-refractivity contribution in [3.05, 3.63) is 53.7 Å². The van der Waals surface area contributed by atoms with Crippen molar-refractivity contribution in [2.75, 3.05) is 19.6 Å². The zero-order chi connectivity index (χ0) is 17.1. The molecule has 1 aliphatic heterocycles. The molecule has 1 unspecified atom stereocenters. The predicted octanol–water partition coefficient (Wildman–Crippen LogP) is 0.795. The first-order valence-electron chi connectivity index (χ1n) is 7.83. The summed E-state index contributed by atoms with van der Waals surface area (Å²) in [5.74, 6) is -0.423. The van der Waals surface area contributed by atoms with E-state index in [1.165, 1.54) is 11.2 Å². The third-order valence-corrected chi connectivity index (χ3v) is 4.14. The molecule has 0 radical (unpaired) electrons. The number of benzene rings is 1. The SMILES string of the molecule is Cc1nc(C(=O)N2CCN(Cc3ccccc3)CC2C(N)=O)co1.